The van der Waals surface area contributed by atoms with Crippen molar-refractivity contribution in [2.45, 2.75) is 0 Å². The van der Waals surface area contributed by atoms with Crippen LogP contribution in [0.3, 0.4) is 0 Å². The molecule has 2 aromatic heterocycles. The zero-order chi connectivity index (χ0) is 31.5. The van der Waals surface area contributed by atoms with E-state index in [1.54, 1.807) is 24.3 Å². The number of aromatic nitrogens is 4. The quantitative estimate of drug-likeness (QED) is 0.185. The second-order valence-corrected chi connectivity index (χ2v) is 10.7. The van der Waals surface area contributed by atoms with Crippen LogP contribution in [0.4, 0.5) is 0 Å². The van der Waals surface area contributed by atoms with Crippen LogP contribution in [0.1, 0.15) is 17.0 Å². The summed E-state index contributed by atoms with van der Waals surface area (Å²) in [7, 11) is 0. The summed E-state index contributed by atoms with van der Waals surface area (Å²) >= 11 is 0. The molecule has 0 N–H and O–H groups in total. The Morgan fingerprint density at radius 3 is 1.57 bits per heavy atom. The minimum atomic E-state index is 0.576. The SMILES string of the molecule is C=Cc1nc(-c2ccc(C#N)cc2)c(-c2cccc3c(-c4nc(-c5ccccc5)cc(-c5ccccc5)n4)cccc23)nc1C=C. The number of hydrogen-bond donors (Lipinski definition) is 0. The molecule has 0 aliphatic heterocycles. The van der Waals surface area contributed by atoms with Crippen LogP contribution in [0.15, 0.2) is 141 Å². The third kappa shape index (κ3) is 5.25. The Hall–Kier alpha value is -6.51. The van der Waals surface area contributed by atoms with Gasteiger partial charge in [-0.1, -0.05) is 122 Å². The van der Waals surface area contributed by atoms with E-state index in [-0.39, 0.29) is 0 Å². The van der Waals surface area contributed by atoms with Crippen LogP contribution >= 0.6 is 0 Å². The van der Waals surface area contributed by atoms with Gasteiger partial charge in [-0.25, -0.2) is 19.9 Å². The Morgan fingerprint density at radius 2 is 1.02 bits per heavy atom. The lowest BCUT2D eigenvalue weighted by Crippen LogP contribution is -2.01. The number of hydrogen-bond acceptors (Lipinski definition) is 5. The largest absolute Gasteiger partial charge is 0.244 e. The van der Waals surface area contributed by atoms with E-state index in [9.17, 15) is 5.26 Å². The van der Waals surface area contributed by atoms with Gasteiger partial charge in [0.25, 0.3) is 0 Å². The van der Waals surface area contributed by atoms with Crippen LogP contribution in [-0.4, -0.2) is 19.9 Å². The molecule has 0 radical (unpaired) electrons. The molecule has 5 aromatic carbocycles. The highest BCUT2D eigenvalue weighted by atomic mass is 14.9. The third-order valence-corrected chi connectivity index (χ3v) is 7.91. The van der Waals surface area contributed by atoms with Gasteiger partial charge in [0.15, 0.2) is 5.82 Å². The normalized spacial score (nSPS) is 10.8. The predicted octanol–water partition coefficient (Wildman–Crippen LogP) is 9.91. The number of rotatable bonds is 7. The molecule has 0 aliphatic rings. The molecule has 216 valence electrons. The molecular weight excluding hydrogens is 562 g/mol. The molecule has 0 fully saturated rings. The van der Waals surface area contributed by atoms with E-state index in [0.29, 0.717) is 34.2 Å². The molecule has 5 nitrogen and oxygen atoms in total. The van der Waals surface area contributed by atoms with Gasteiger partial charge >= 0.3 is 0 Å². The first-order valence-corrected chi connectivity index (χ1v) is 14.9. The molecule has 0 saturated carbocycles. The van der Waals surface area contributed by atoms with E-state index >= 15 is 0 Å². The summed E-state index contributed by atoms with van der Waals surface area (Å²) in [5, 5.41) is 11.3. The Labute approximate surface area is 267 Å². The zero-order valence-electron chi connectivity index (χ0n) is 24.9. The highest BCUT2D eigenvalue weighted by Gasteiger charge is 2.19. The van der Waals surface area contributed by atoms with Gasteiger partial charge in [-0.2, -0.15) is 5.26 Å². The van der Waals surface area contributed by atoms with Crippen LogP contribution in [0.2, 0.25) is 0 Å². The lowest BCUT2D eigenvalue weighted by Gasteiger charge is -2.15. The number of nitriles is 1. The molecule has 0 saturated heterocycles. The lowest BCUT2D eigenvalue weighted by atomic mass is 9.95. The smallest absolute Gasteiger partial charge is 0.161 e. The van der Waals surface area contributed by atoms with Gasteiger partial charge in [-0.15, -0.1) is 0 Å². The highest BCUT2D eigenvalue weighted by molar-refractivity contribution is 6.05. The van der Waals surface area contributed by atoms with Crippen molar-refractivity contribution in [1.82, 2.24) is 19.9 Å². The maximum Gasteiger partial charge on any atom is 0.161 e. The van der Waals surface area contributed by atoms with Crippen molar-refractivity contribution in [1.29, 1.82) is 5.26 Å². The summed E-state index contributed by atoms with van der Waals surface area (Å²) < 4.78 is 0. The molecule has 0 bridgehead atoms. The molecule has 7 rings (SSSR count). The van der Waals surface area contributed by atoms with Crippen molar-refractivity contribution in [3.8, 4) is 62.5 Å². The number of fused-ring (bicyclic) bond motifs is 1. The first-order valence-electron chi connectivity index (χ1n) is 14.9. The summed E-state index contributed by atoms with van der Waals surface area (Å²) in [6.45, 7) is 7.93. The molecule has 46 heavy (non-hydrogen) atoms. The third-order valence-electron chi connectivity index (χ3n) is 7.91. The van der Waals surface area contributed by atoms with Crippen molar-refractivity contribution in [3.05, 3.63) is 158 Å². The molecular formula is C41H27N5. The van der Waals surface area contributed by atoms with E-state index in [1.165, 1.54) is 0 Å². The second kappa shape index (κ2) is 12.2. The highest BCUT2D eigenvalue weighted by Crippen LogP contribution is 2.38. The Bertz CT molecular complexity index is 2230. The van der Waals surface area contributed by atoms with Crippen LogP contribution in [0.5, 0.6) is 0 Å². The molecule has 2 heterocycles. The molecule has 0 unspecified atom stereocenters. The van der Waals surface area contributed by atoms with Crippen LogP contribution in [-0.2, 0) is 0 Å². The maximum absolute atomic E-state index is 9.37. The van der Waals surface area contributed by atoms with Crippen molar-refractivity contribution in [2.75, 3.05) is 0 Å². The minimum Gasteiger partial charge on any atom is -0.244 e. The Kier molecular flexibility index (Phi) is 7.52. The predicted molar refractivity (Wildman–Crippen MR) is 187 cm³/mol. The summed E-state index contributed by atoms with van der Waals surface area (Å²) in [5.74, 6) is 0.634. The summed E-state index contributed by atoms with van der Waals surface area (Å²) in [5.41, 5.74) is 9.66. The second-order valence-electron chi connectivity index (χ2n) is 10.7. The van der Waals surface area contributed by atoms with E-state index in [2.05, 4.69) is 67.8 Å². The van der Waals surface area contributed by atoms with Crippen molar-refractivity contribution >= 4 is 22.9 Å². The number of nitrogens with zero attached hydrogens (tertiary/aromatic N) is 5. The van der Waals surface area contributed by atoms with Crippen molar-refractivity contribution in [2.24, 2.45) is 0 Å². The van der Waals surface area contributed by atoms with Crippen LogP contribution in [0.25, 0.3) is 79.3 Å². The average Bonchev–Trinajstić information content (AvgIpc) is 3.14. The van der Waals surface area contributed by atoms with Crippen LogP contribution in [0, 0.1) is 11.3 Å². The average molecular weight is 590 g/mol. The van der Waals surface area contributed by atoms with Gasteiger partial charge in [0, 0.05) is 27.8 Å². The summed E-state index contributed by atoms with van der Waals surface area (Å²) in [6.07, 6.45) is 3.38. The first kappa shape index (κ1) is 28.3. The van der Waals surface area contributed by atoms with Gasteiger partial charge in [-0.3, -0.25) is 0 Å². The van der Waals surface area contributed by atoms with E-state index < -0.39 is 0 Å². The van der Waals surface area contributed by atoms with Gasteiger partial charge in [0.2, 0.25) is 0 Å². The maximum atomic E-state index is 9.37. The van der Waals surface area contributed by atoms with Crippen molar-refractivity contribution in [3.63, 3.8) is 0 Å². The summed E-state index contributed by atoms with van der Waals surface area (Å²) in [4.78, 5) is 20.2. The topological polar surface area (TPSA) is 75.3 Å². The molecule has 5 heteroatoms. The minimum absolute atomic E-state index is 0.576. The van der Waals surface area contributed by atoms with Gasteiger partial charge in [-0.05, 0) is 41.1 Å². The van der Waals surface area contributed by atoms with E-state index in [0.717, 1.165) is 50.0 Å². The molecule has 7 aromatic rings. The lowest BCUT2D eigenvalue weighted by molar-refractivity contribution is 1.17. The van der Waals surface area contributed by atoms with Gasteiger partial charge < -0.3 is 0 Å². The van der Waals surface area contributed by atoms with E-state index in [4.69, 9.17) is 19.9 Å². The van der Waals surface area contributed by atoms with Gasteiger partial charge in [0.1, 0.15) is 0 Å². The fourth-order valence-electron chi connectivity index (χ4n) is 5.65. The summed E-state index contributed by atoms with van der Waals surface area (Å²) in [6, 6.07) is 44.3. The fourth-order valence-corrected chi connectivity index (χ4v) is 5.65. The van der Waals surface area contributed by atoms with Crippen LogP contribution < -0.4 is 0 Å². The standard InChI is InChI=1S/C41H27N5/c1-3-35-36(4-2)44-40(39(43-35)30-23-21-27(26-42)22-24-30)33-19-11-18-32-31(33)17-12-20-34(32)41-45-37(28-13-7-5-8-14-28)25-38(46-41)29-15-9-6-10-16-29/h3-25H,1-2H2. The van der Waals surface area contributed by atoms with Crippen molar-refractivity contribution < 1.29 is 0 Å². The fraction of sp³-hybridized carbons (Fsp3) is 0. The molecule has 0 spiro atoms. The zero-order valence-corrected chi connectivity index (χ0v) is 24.9. The Balaban J connectivity index is 1.47. The van der Waals surface area contributed by atoms with E-state index in [1.807, 2.05) is 66.7 Å². The molecule has 0 amide bonds. The number of benzene rings is 5. The van der Waals surface area contributed by atoms with Gasteiger partial charge in [0.05, 0.1) is 45.8 Å². The molecule has 0 aliphatic carbocycles. The first-order chi connectivity index (χ1) is 22.7. The Morgan fingerprint density at radius 1 is 0.500 bits per heavy atom. The molecule has 0 atom stereocenters. The monoisotopic (exact) mass is 589 g/mol.